The predicted octanol–water partition coefficient (Wildman–Crippen LogP) is 3.14. The molecule has 4 rings (SSSR count). The van der Waals surface area contributed by atoms with Crippen LogP contribution in [0.2, 0.25) is 0 Å². The summed E-state index contributed by atoms with van der Waals surface area (Å²) in [4.78, 5) is 20.3. The number of rotatable bonds is 3. The van der Waals surface area contributed by atoms with Crippen molar-refractivity contribution in [2.24, 2.45) is 0 Å². The molecule has 1 aromatic heterocycles. The SMILES string of the molecule is COc1ccc(N2CCN(C(=O)c3cccc4[nH]ccc34)CC2)cc1. The van der Waals surface area contributed by atoms with Crippen molar-refractivity contribution in [1.29, 1.82) is 0 Å². The van der Waals surface area contributed by atoms with Crippen molar-refractivity contribution in [3.63, 3.8) is 0 Å². The molecule has 2 aromatic carbocycles. The maximum Gasteiger partial charge on any atom is 0.254 e. The van der Waals surface area contributed by atoms with Gasteiger partial charge in [-0.3, -0.25) is 4.79 Å². The summed E-state index contributed by atoms with van der Waals surface area (Å²) >= 11 is 0. The summed E-state index contributed by atoms with van der Waals surface area (Å²) in [7, 11) is 1.67. The number of anilines is 1. The zero-order valence-electron chi connectivity index (χ0n) is 14.2. The van der Waals surface area contributed by atoms with E-state index in [-0.39, 0.29) is 5.91 Å². The van der Waals surface area contributed by atoms with Crippen molar-refractivity contribution in [1.82, 2.24) is 9.88 Å². The molecule has 0 bridgehead atoms. The maximum absolute atomic E-state index is 12.9. The van der Waals surface area contributed by atoms with Crippen LogP contribution in [0.15, 0.2) is 54.7 Å². The monoisotopic (exact) mass is 335 g/mol. The van der Waals surface area contributed by atoms with E-state index in [1.807, 2.05) is 47.5 Å². The van der Waals surface area contributed by atoms with Crippen LogP contribution in [0.4, 0.5) is 5.69 Å². The van der Waals surface area contributed by atoms with Crippen LogP contribution in [0, 0.1) is 0 Å². The normalized spacial score (nSPS) is 14.8. The van der Waals surface area contributed by atoms with Crippen molar-refractivity contribution in [3.8, 4) is 5.75 Å². The number of fused-ring (bicyclic) bond motifs is 1. The van der Waals surface area contributed by atoms with Crippen molar-refractivity contribution in [2.75, 3.05) is 38.2 Å². The number of piperazine rings is 1. The summed E-state index contributed by atoms with van der Waals surface area (Å²) in [6, 6.07) is 15.9. The molecule has 1 amide bonds. The lowest BCUT2D eigenvalue weighted by atomic mass is 10.1. The molecular formula is C20H21N3O2. The second-order valence-electron chi connectivity index (χ2n) is 6.22. The van der Waals surface area contributed by atoms with Gasteiger partial charge in [-0.05, 0) is 42.5 Å². The molecule has 1 fully saturated rings. The Hall–Kier alpha value is -2.95. The van der Waals surface area contributed by atoms with Gasteiger partial charge in [-0.25, -0.2) is 0 Å². The van der Waals surface area contributed by atoms with E-state index in [1.165, 1.54) is 5.69 Å². The molecule has 0 spiro atoms. The molecule has 0 radical (unpaired) electrons. The van der Waals surface area contributed by atoms with E-state index in [1.54, 1.807) is 7.11 Å². The third-order valence-electron chi connectivity index (χ3n) is 4.83. The molecule has 1 aliphatic rings. The fourth-order valence-corrected chi connectivity index (χ4v) is 3.40. The highest BCUT2D eigenvalue weighted by molar-refractivity contribution is 6.06. The summed E-state index contributed by atoms with van der Waals surface area (Å²) in [5.41, 5.74) is 2.94. The maximum atomic E-state index is 12.9. The van der Waals surface area contributed by atoms with E-state index >= 15 is 0 Å². The van der Waals surface area contributed by atoms with Crippen LogP contribution in [-0.4, -0.2) is 49.1 Å². The molecule has 3 aromatic rings. The standard InChI is InChI=1S/C20H21N3O2/c1-25-16-7-5-15(6-8-16)22-11-13-23(14-12-22)20(24)18-3-2-4-19-17(18)9-10-21-19/h2-10,21H,11-14H2,1H3. The highest BCUT2D eigenvalue weighted by atomic mass is 16.5. The minimum absolute atomic E-state index is 0.111. The lowest BCUT2D eigenvalue weighted by Crippen LogP contribution is -2.48. The topological polar surface area (TPSA) is 48.6 Å². The van der Waals surface area contributed by atoms with E-state index in [9.17, 15) is 4.79 Å². The smallest absolute Gasteiger partial charge is 0.254 e. The van der Waals surface area contributed by atoms with E-state index in [2.05, 4.69) is 22.0 Å². The third-order valence-corrected chi connectivity index (χ3v) is 4.83. The molecule has 25 heavy (non-hydrogen) atoms. The van der Waals surface area contributed by atoms with Gasteiger partial charge in [-0.2, -0.15) is 0 Å². The van der Waals surface area contributed by atoms with E-state index in [0.717, 1.165) is 48.4 Å². The number of benzene rings is 2. The molecule has 1 N–H and O–H groups in total. The van der Waals surface area contributed by atoms with Gasteiger partial charge in [0.05, 0.1) is 7.11 Å². The number of nitrogens with one attached hydrogen (secondary N) is 1. The number of nitrogens with zero attached hydrogens (tertiary/aromatic N) is 2. The molecule has 2 heterocycles. The summed E-state index contributed by atoms with van der Waals surface area (Å²) in [6.07, 6.45) is 1.88. The Morgan fingerprint density at radius 2 is 1.76 bits per heavy atom. The zero-order valence-corrected chi connectivity index (χ0v) is 14.2. The number of aromatic nitrogens is 1. The Kier molecular flexibility index (Phi) is 4.06. The van der Waals surface area contributed by atoms with Gasteiger partial charge in [-0.1, -0.05) is 6.07 Å². The first-order valence-corrected chi connectivity index (χ1v) is 8.50. The molecular weight excluding hydrogens is 314 g/mol. The van der Waals surface area contributed by atoms with Crippen LogP contribution < -0.4 is 9.64 Å². The van der Waals surface area contributed by atoms with E-state index in [4.69, 9.17) is 4.74 Å². The first kappa shape index (κ1) is 15.6. The molecule has 0 atom stereocenters. The molecule has 1 saturated heterocycles. The Balaban J connectivity index is 1.46. The molecule has 5 nitrogen and oxygen atoms in total. The van der Waals surface area contributed by atoms with E-state index < -0.39 is 0 Å². The van der Waals surface area contributed by atoms with Crippen molar-refractivity contribution in [3.05, 3.63) is 60.3 Å². The number of H-pyrrole nitrogens is 1. The summed E-state index contributed by atoms with van der Waals surface area (Å²) in [5.74, 6) is 0.969. The molecule has 128 valence electrons. The highest BCUT2D eigenvalue weighted by Gasteiger charge is 2.23. The predicted molar refractivity (Wildman–Crippen MR) is 99.4 cm³/mol. The fourth-order valence-electron chi connectivity index (χ4n) is 3.40. The highest BCUT2D eigenvalue weighted by Crippen LogP contribution is 2.23. The Bertz CT molecular complexity index is 877. The summed E-state index contributed by atoms with van der Waals surface area (Å²) in [6.45, 7) is 3.12. The third kappa shape index (κ3) is 2.93. The van der Waals surface area contributed by atoms with Crippen molar-refractivity contribution in [2.45, 2.75) is 0 Å². The van der Waals surface area contributed by atoms with Gasteiger partial charge >= 0.3 is 0 Å². The quantitative estimate of drug-likeness (QED) is 0.800. The Morgan fingerprint density at radius 3 is 2.48 bits per heavy atom. The van der Waals surface area contributed by atoms with Crippen LogP contribution >= 0.6 is 0 Å². The van der Waals surface area contributed by atoms with Gasteiger partial charge in [-0.15, -0.1) is 0 Å². The van der Waals surface area contributed by atoms with Crippen LogP contribution in [0.3, 0.4) is 0 Å². The van der Waals surface area contributed by atoms with Crippen molar-refractivity contribution < 1.29 is 9.53 Å². The molecule has 0 saturated carbocycles. The number of amides is 1. The average molecular weight is 335 g/mol. The lowest BCUT2D eigenvalue weighted by molar-refractivity contribution is 0.0749. The number of carbonyl (C=O) groups is 1. The van der Waals surface area contributed by atoms with Crippen LogP contribution in [-0.2, 0) is 0 Å². The van der Waals surface area contributed by atoms with Gasteiger partial charge in [0.1, 0.15) is 5.75 Å². The number of hydrogen-bond donors (Lipinski definition) is 1. The lowest BCUT2D eigenvalue weighted by Gasteiger charge is -2.36. The van der Waals surface area contributed by atoms with Crippen LogP contribution in [0.5, 0.6) is 5.75 Å². The van der Waals surface area contributed by atoms with Gasteiger partial charge < -0.3 is 19.5 Å². The zero-order chi connectivity index (χ0) is 17.2. The minimum atomic E-state index is 0.111. The number of aromatic amines is 1. The van der Waals surface area contributed by atoms with Crippen molar-refractivity contribution >= 4 is 22.5 Å². The second kappa shape index (κ2) is 6.51. The molecule has 1 aliphatic heterocycles. The van der Waals surface area contributed by atoms with Crippen LogP contribution in [0.1, 0.15) is 10.4 Å². The number of carbonyl (C=O) groups excluding carboxylic acids is 1. The Labute approximate surface area is 146 Å². The molecule has 0 unspecified atom stereocenters. The van der Waals surface area contributed by atoms with Gasteiger partial charge in [0.15, 0.2) is 0 Å². The minimum Gasteiger partial charge on any atom is -0.497 e. The second-order valence-corrected chi connectivity index (χ2v) is 6.22. The number of hydrogen-bond acceptors (Lipinski definition) is 3. The Morgan fingerprint density at radius 1 is 1.00 bits per heavy atom. The first-order chi connectivity index (χ1) is 12.3. The average Bonchev–Trinajstić information content (AvgIpc) is 3.16. The number of ether oxygens (including phenoxy) is 1. The van der Waals surface area contributed by atoms with Gasteiger partial charge in [0.2, 0.25) is 0 Å². The van der Waals surface area contributed by atoms with Crippen LogP contribution in [0.25, 0.3) is 10.9 Å². The number of methoxy groups -OCH3 is 1. The molecule has 5 heteroatoms. The largest absolute Gasteiger partial charge is 0.497 e. The van der Waals surface area contributed by atoms with E-state index in [0.29, 0.717) is 0 Å². The van der Waals surface area contributed by atoms with Gasteiger partial charge in [0, 0.05) is 54.5 Å². The summed E-state index contributed by atoms with van der Waals surface area (Å²) < 4.78 is 5.21. The van der Waals surface area contributed by atoms with Gasteiger partial charge in [0.25, 0.3) is 5.91 Å². The first-order valence-electron chi connectivity index (χ1n) is 8.50. The molecule has 0 aliphatic carbocycles. The fraction of sp³-hybridized carbons (Fsp3) is 0.250. The summed E-state index contributed by atoms with van der Waals surface area (Å²) in [5, 5.41) is 0.991.